The molecule has 1 N–H and O–H groups in total. The van der Waals surface area contributed by atoms with Gasteiger partial charge in [0.15, 0.2) is 5.84 Å². The summed E-state index contributed by atoms with van der Waals surface area (Å²) in [5, 5.41) is 10.8. The minimum atomic E-state index is -0.513. The third-order valence-electron chi connectivity index (χ3n) is 16.6. The largest absolute Gasteiger partial charge is 0.456 e. The molecule has 3 aromatic heterocycles. The van der Waals surface area contributed by atoms with Gasteiger partial charge in [-0.25, -0.2) is 9.98 Å². The Morgan fingerprint density at radius 2 is 0.974 bits per heavy atom. The fraction of sp³-hybridized carbons (Fsp3) is 0.0286. The molecule has 3 aliphatic rings. The van der Waals surface area contributed by atoms with E-state index in [2.05, 4.69) is 263 Å². The predicted octanol–water partition coefficient (Wildman–Crippen LogP) is 16.8. The van der Waals surface area contributed by atoms with E-state index < -0.39 is 11.7 Å². The second-order valence-electron chi connectivity index (χ2n) is 20.4. The highest BCUT2D eigenvalue weighted by Gasteiger charge is 2.52. The van der Waals surface area contributed by atoms with Crippen molar-refractivity contribution in [3.63, 3.8) is 0 Å². The molecule has 2 aliphatic carbocycles. The van der Waals surface area contributed by atoms with Crippen molar-refractivity contribution in [2.75, 3.05) is 0 Å². The molecule has 1 spiro atoms. The average Bonchev–Trinajstić information content (AvgIpc) is 4.30. The second-order valence-corrected chi connectivity index (χ2v) is 20.4. The number of fused-ring (bicyclic) bond motifs is 20. The second kappa shape index (κ2) is 15.5. The maximum atomic E-state index is 6.66. The van der Waals surface area contributed by atoms with E-state index in [4.69, 9.17) is 14.4 Å². The number of aliphatic imine (C=N–C) groups is 2. The minimum Gasteiger partial charge on any atom is -0.456 e. The Hall–Kier alpha value is -10.0. The number of para-hydroxylation sites is 3. The zero-order chi connectivity index (χ0) is 49.6. The van der Waals surface area contributed by atoms with Gasteiger partial charge in [-0.3, -0.25) is 0 Å². The molecular weight excluding hydrogens is 927 g/mol. The van der Waals surface area contributed by atoms with E-state index in [0.717, 1.165) is 72.3 Å². The molecule has 0 saturated heterocycles. The first-order valence-electron chi connectivity index (χ1n) is 26.1. The molecule has 0 radical (unpaired) electrons. The Bertz CT molecular complexity index is 4760. The molecule has 6 nitrogen and oxygen atoms in total. The first kappa shape index (κ1) is 41.4. The van der Waals surface area contributed by atoms with Crippen molar-refractivity contribution in [1.82, 2.24) is 14.5 Å². The van der Waals surface area contributed by atoms with Crippen LogP contribution in [0.25, 0.3) is 105 Å². The molecule has 6 heteroatoms. The van der Waals surface area contributed by atoms with Crippen LogP contribution in [0.1, 0.15) is 39.7 Å². The van der Waals surface area contributed by atoms with Crippen LogP contribution in [0.4, 0.5) is 0 Å². The number of nitrogens with one attached hydrogen (secondary N) is 1. The molecule has 0 bridgehead atoms. The summed E-state index contributed by atoms with van der Waals surface area (Å²) in [6.07, 6.45) is -0.513. The van der Waals surface area contributed by atoms with Crippen molar-refractivity contribution < 1.29 is 4.42 Å². The van der Waals surface area contributed by atoms with Gasteiger partial charge in [0.1, 0.15) is 17.0 Å². The van der Waals surface area contributed by atoms with Gasteiger partial charge >= 0.3 is 0 Å². The first-order valence-corrected chi connectivity index (χ1v) is 26.1. The lowest BCUT2D eigenvalue weighted by Crippen LogP contribution is -2.36. The predicted molar refractivity (Wildman–Crippen MR) is 311 cm³/mol. The lowest BCUT2D eigenvalue weighted by Gasteiger charge is -2.30. The standard InChI is InChI=1S/C70H43N5O/c1-2-17-42(18-3-1)46-25-16-32-62-64(46)54-38-35-44(41-63(54)76-62)68-71-67(72-69(73-68)75-60-30-14-7-21-49(60)50-22-8-15-31-61(50)75)43-33-36-45(37-34-43)74-59-29-13-9-23-51(59)52-39-40-58-65(66(52)74)53-24-6-12-28-57(53)70(58)55-26-10-4-19-47(55)48-20-5-11-27-56(48)70/h1-41,69H,(H,71,72,73). The molecule has 14 aromatic rings. The number of hydrogen-bond acceptors (Lipinski definition) is 4. The smallest absolute Gasteiger partial charge is 0.204 e. The van der Waals surface area contributed by atoms with Crippen molar-refractivity contribution in [1.29, 1.82) is 0 Å². The van der Waals surface area contributed by atoms with Gasteiger partial charge in [-0.05, 0) is 111 Å². The molecule has 0 fully saturated rings. The van der Waals surface area contributed by atoms with Crippen LogP contribution in [-0.2, 0) is 5.41 Å². The van der Waals surface area contributed by atoms with E-state index >= 15 is 0 Å². The zero-order valence-corrected chi connectivity index (χ0v) is 40.9. The third kappa shape index (κ3) is 5.54. The summed E-state index contributed by atoms with van der Waals surface area (Å²) in [6, 6.07) is 90.2. The fourth-order valence-electron chi connectivity index (χ4n) is 13.6. The number of aromatic nitrogens is 2. The van der Waals surface area contributed by atoms with Crippen LogP contribution in [0.5, 0.6) is 0 Å². The van der Waals surface area contributed by atoms with Crippen LogP contribution in [0.3, 0.4) is 0 Å². The van der Waals surface area contributed by atoms with Gasteiger partial charge < -0.3 is 18.9 Å². The summed E-state index contributed by atoms with van der Waals surface area (Å²) >= 11 is 0. The summed E-state index contributed by atoms with van der Waals surface area (Å²) in [5.41, 5.74) is 21.4. The van der Waals surface area contributed by atoms with Crippen molar-refractivity contribution >= 4 is 77.2 Å². The van der Waals surface area contributed by atoms with Gasteiger partial charge in [0.2, 0.25) is 6.29 Å². The van der Waals surface area contributed by atoms with Crippen molar-refractivity contribution in [2.45, 2.75) is 11.7 Å². The molecule has 76 heavy (non-hydrogen) atoms. The SMILES string of the molecule is c1ccc(-c2cccc3oc4cc(C5=NC(n6c7ccccc7c7ccccc76)NC(c6ccc(-n7c8ccccc8c8ccc9c(c87)-c7ccccc7C97c8ccccc8-c8ccccc87)cc6)=N5)ccc4c23)cc1. The Morgan fingerprint density at radius 3 is 1.68 bits per heavy atom. The van der Waals surface area contributed by atoms with Gasteiger partial charge in [0, 0.05) is 54.7 Å². The van der Waals surface area contributed by atoms with E-state index in [9.17, 15) is 0 Å². The van der Waals surface area contributed by atoms with Crippen LogP contribution >= 0.6 is 0 Å². The monoisotopic (exact) mass is 969 g/mol. The van der Waals surface area contributed by atoms with Gasteiger partial charge in [0.05, 0.1) is 27.5 Å². The summed E-state index contributed by atoms with van der Waals surface area (Å²) in [5.74, 6) is 1.35. The Kier molecular flexibility index (Phi) is 8.45. The maximum absolute atomic E-state index is 6.66. The molecule has 4 heterocycles. The third-order valence-corrected chi connectivity index (χ3v) is 16.6. The molecular formula is C70H43N5O. The van der Waals surface area contributed by atoms with E-state index in [1.165, 1.54) is 71.6 Å². The number of benzene rings is 11. The summed E-state index contributed by atoms with van der Waals surface area (Å²) < 4.78 is 11.5. The van der Waals surface area contributed by atoms with Gasteiger partial charge in [-0.15, -0.1) is 0 Å². The summed E-state index contributed by atoms with van der Waals surface area (Å²) in [6.45, 7) is 0. The van der Waals surface area contributed by atoms with Gasteiger partial charge in [-0.2, -0.15) is 0 Å². The lowest BCUT2D eigenvalue weighted by atomic mass is 9.70. The highest BCUT2D eigenvalue weighted by Crippen LogP contribution is 2.64. The van der Waals surface area contributed by atoms with Gasteiger partial charge in [-0.1, -0.05) is 188 Å². The Labute approximate surface area is 436 Å². The topological polar surface area (TPSA) is 59.8 Å². The zero-order valence-electron chi connectivity index (χ0n) is 40.9. The van der Waals surface area contributed by atoms with Crippen LogP contribution in [0.2, 0.25) is 0 Å². The number of hydrogen-bond donors (Lipinski definition) is 1. The quantitative estimate of drug-likeness (QED) is 0.187. The molecule has 17 rings (SSSR count). The molecule has 11 aromatic carbocycles. The van der Waals surface area contributed by atoms with Crippen LogP contribution < -0.4 is 5.32 Å². The van der Waals surface area contributed by atoms with E-state index in [-0.39, 0.29) is 0 Å². The number of furan rings is 1. The molecule has 354 valence electrons. The summed E-state index contributed by atoms with van der Waals surface area (Å²) in [4.78, 5) is 10.9. The first-order chi connectivity index (χ1) is 37.7. The molecule has 1 unspecified atom stereocenters. The molecule has 0 saturated carbocycles. The van der Waals surface area contributed by atoms with Crippen LogP contribution in [0, 0.1) is 0 Å². The van der Waals surface area contributed by atoms with Gasteiger partial charge in [0.25, 0.3) is 0 Å². The number of rotatable bonds is 5. The van der Waals surface area contributed by atoms with E-state index in [1.807, 2.05) is 0 Å². The molecule has 1 atom stereocenters. The summed E-state index contributed by atoms with van der Waals surface area (Å²) in [7, 11) is 0. The number of amidine groups is 2. The maximum Gasteiger partial charge on any atom is 0.204 e. The Balaban J connectivity index is 0.843. The lowest BCUT2D eigenvalue weighted by molar-refractivity contribution is 0.516. The fourth-order valence-corrected chi connectivity index (χ4v) is 13.6. The molecule has 0 amide bonds. The normalized spacial score (nSPS) is 15.1. The van der Waals surface area contributed by atoms with E-state index in [0.29, 0.717) is 5.84 Å². The average molecular weight is 970 g/mol. The van der Waals surface area contributed by atoms with Crippen LogP contribution in [-0.4, -0.2) is 20.8 Å². The molecule has 1 aliphatic heterocycles. The highest BCUT2D eigenvalue weighted by molar-refractivity contribution is 6.19. The van der Waals surface area contributed by atoms with E-state index in [1.54, 1.807) is 0 Å². The minimum absolute atomic E-state index is 0.449. The number of nitrogens with zero attached hydrogens (tertiary/aromatic N) is 4. The van der Waals surface area contributed by atoms with Crippen molar-refractivity contribution in [3.05, 3.63) is 282 Å². The van der Waals surface area contributed by atoms with Crippen LogP contribution in [0.15, 0.2) is 263 Å². The van der Waals surface area contributed by atoms with Crippen molar-refractivity contribution in [3.8, 4) is 39.1 Å². The Morgan fingerprint density at radius 1 is 0.408 bits per heavy atom. The highest BCUT2D eigenvalue weighted by atomic mass is 16.3. The van der Waals surface area contributed by atoms with Crippen molar-refractivity contribution in [2.24, 2.45) is 9.98 Å².